The second-order valence-electron chi connectivity index (χ2n) is 7.39. The lowest BCUT2D eigenvalue weighted by molar-refractivity contribution is -0.0396. The number of hydrogen-bond donors (Lipinski definition) is 1. The predicted molar refractivity (Wildman–Crippen MR) is 88.0 cm³/mol. The van der Waals surface area contributed by atoms with Gasteiger partial charge >= 0.3 is 0 Å². The Hall–Kier alpha value is -0.590. The van der Waals surface area contributed by atoms with Crippen molar-refractivity contribution in [3.05, 3.63) is 0 Å². The normalized spacial score (nSPS) is 29.1. The summed E-state index contributed by atoms with van der Waals surface area (Å²) in [6.07, 6.45) is 7.31. The van der Waals surface area contributed by atoms with Gasteiger partial charge in [-0.15, -0.1) is 0 Å². The summed E-state index contributed by atoms with van der Waals surface area (Å²) < 4.78 is 6.21. The van der Waals surface area contributed by atoms with E-state index in [1.165, 1.54) is 19.3 Å². The zero-order valence-corrected chi connectivity index (χ0v) is 14.6. The highest BCUT2D eigenvalue weighted by Crippen LogP contribution is 2.35. The summed E-state index contributed by atoms with van der Waals surface area (Å²) in [6, 6.07) is 2.34. The zero-order chi connectivity index (χ0) is 15.9. The van der Waals surface area contributed by atoms with E-state index in [9.17, 15) is 0 Å². The molecule has 1 aliphatic rings. The van der Waals surface area contributed by atoms with Gasteiger partial charge in [0.2, 0.25) is 0 Å². The SMILES string of the molecule is CNC(C)(C#N)CCCCOC1CC(C)CCC1C(C)C. The molecule has 1 N–H and O–H groups in total. The summed E-state index contributed by atoms with van der Waals surface area (Å²) in [4.78, 5) is 0. The zero-order valence-electron chi connectivity index (χ0n) is 14.6. The molecule has 21 heavy (non-hydrogen) atoms. The van der Waals surface area contributed by atoms with Crippen LogP contribution in [0.25, 0.3) is 0 Å². The predicted octanol–water partition coefficient (Wildman–Crippen LogP) is 4.14. The lowest BCUT2D eigenvalue weighted by atomic mass is 9.75. The Labute approximate surface area is 131 Å². The van der Waals surface area contributed by atoms with Crippen molar-refractivity contribution in [1.82, 2.24) is 5.32 Å². The molecule has 0 heterocycles. The smallest absolute Gasteiger partial charge is 0.103 e. The first-order chi connectivity index (χ1) is 9.91. The highest BCUT2D eigenvalue weighted by Gasteiger charge is 2.31. The van der Waals surface area contributed by atoms with Gasteiger partial charge in [-0.1, -0.05) is 27.2 Å². The fourth-order valence-electron chi connectivity index (χ4n) is 3.36. The lowest BCUT2D eigenvalue weighted by Crippen LogP contribution is -2.38. The highest BCUT2D eigenvalue weighted by atomic mass is 16.5. The van der Waals surface area contributed by atoms with E-state index < -0.39 is 0 Å². The maximum absolute atomic E-state index is 9.13. The van der Waals surface area contributed by atoms with Gasteiger partial charge in [0.15, 0.2) is 0 Å². The second kappa shape index (κ2) is 8.76. The van der Waals surface area contributed by atoms with Crippen LogP contribution < -0.4 is 5.32 Å². The molecule has 3 heteroatoms. The van der Waals surface area contributed by atoms with Crippen LogP contribution in [0.5, 0.6) is 0 Å². The van der Waals surface area contributed by atoms with E-state index in [-0.39, 0.29) is 5.54 Å². The Bertz CT molecular complexity index is 337. The van der Waals surface area contributed by atoms with Crippen LogP contribution in [0.2, 0.25) is 0 Å². The molecule has 4 atom stereocenters. The van der Waals surface area contributed by atoms with Gasteiger partial charge in [0, 0.05) is 6.61 Å². The van der Waals surface area contributed by atoms with Gasteiger partial charge in [0.05, 0.1) is 12.2 Å². The number of unbranched alkanes of at least 4 members (excludes halogenated alkanes) is 1. The van der Waals surface area contributed by atoms with Crippen molar-refractivity contribution in [3.8, 4) is 6.07 Å². The average molecular weight is 294 g/mol. The van der Waals surface area contributed by atoms with Gasteiger partial charge in [-0.2, -0.15) is 5.26 Å². The van der Waals surface area contributed by atoms with Gasteiger partial charge in [0.25, 0.3) is 0 Å². The van der Waals surface area contributed by atoms with E-state index >= 15 is 0 Å². The molecular weight excluding hydrogens is 260 g/mol. The van der Waals surface area contributed by atoms with E-state index in [0.29, 0.717) is 12.0 Å². The molecule has 0 spiro atoms. The number of nitrogens with zero attached hydrogens (tertiary/aromatic N) is 1. The van der Waals surface area contributed by atoms with Crippen molar-refractivity contribution in [1.29, 1.82) is 5.26 Å². The molecule has 0 bridgehead atoms. The number of nitriles is 1. The Kier molecular flexibility index (Phi) is 7.70. The minimum Gasteiger partial charge on any atom is -0.378 e. The fraction of sp³-hybridized carbons (Fsp3) is 0.944. The average Bonchev–Trinajstić information content (AvgIpc) is 2.46. The third-order valence-corrected chi connectivity index (χ3v) is 5.16. The highest BCUT2D eigenvalue weighted by molar-refractivity contribution is 5.02. The summed E-state index contributed by atoms with van der Waals surface area (Å²) >= 11 is 0. The first-order valence-electron chi connectivity index (χ1n) is 8.63. The molecule has 0 aliphatic heterocycles. The van der Waals surface area contributed by atoms with Crippen LogP contribution in [0, 0.1) is 29.1 Å². The quantitative estimate of drug-likeness (QED) is 0.684. The standard InChI is InChI=1S/C18H34N2O/c1-14(2)16-9-8-15(3)12-17(16)21-11-7-6-10-18(4,13-19)20-5/h14-17,20H,6-12H2,1-5H3. The topological polar surface area (TPSA) is 45.0 Å². The van der Waals surface area contributed by atoms with Crippen LogP contribution in [0.3, 0.4) is 0 Å². The Morgan fingerprint density at radius 2 is 2.05 bits per heavy atom. The van der Waals surface area contributed by atoms with Crippen molar-refractivity contribution in [2.75, 3.05) is 13.7 Å². The van der Waals surface area contributed by atoms with Crippen molar-refractivity contribution < 1.29 is 4.74 Å². The van der Waals surface area contributed by atoms with Gasteiger partial charge < -0.3 is 10.1 Å². The molecule has 0 radical (unpaired) electrons. The molecule has 3 nitrogen and oxygen atoms in total. The second-order valence-corrected chi connectivity index (χ2v) is 7.39. The largest absolute Gasteiger partial charge is 0.378 e. The summed E-state index contributed by atoms with van der Waals surface area (Å²) in [7, 11) is 1.86. The third kappa shape index (κ3) is 5.96. The molecule has 1 aliphatic carbocycles. The number of rotatable bonds is 8. The van der Waals surface area contributed by atoms with E-state index in [2.05, 4.69) is 32.2 Å². The van der Waals surface area contributed by atoms with Crippen molar-refractivity contribution in [2.45, 2.75) is 77.9 Å². The number of hydrogen-bond acceptors (Lipinski definition) is 3. The molecule has 4 unspecified atom stereocenters. The number of nitrogens with one attached hydrogen (secondary N) is 1. The molecule has 0 amide bonds. The minimum atomic E-state index is -0.389. The van der Waals surface area contributed by atoms with Crippen molar-refractivity contribution in [3.63, 3.8) is 0 Å². The molecule has 0 saturated heterocycles. The lowest BCUT2D eigenvalue weighted by Gasteiger charge is -2.37. The van der Waals surface area contributed by atoms with Gasteiger partial charge in [-0.25, -0.2) is 0 Å². The summed E-state index contributed by atoms with van der Waals surface area (Å²) in [6.45, 7) is 9.79. The van der Waals surface area contributed by atoms with E-state index in [1.807, 2.05) is 14.0 Å². The Morgan fingerprint density at radius 1 is 1.33 bits per heavy atom. The molecule has 1 rings (SSSR count). The van der Waals surface area contributed by atoms with Crippen molar-refractivity contribution >= 4 is 0 Å². The molecule has 0 aromatic carbocycles. The Balaban J connectivity index is 2.28. The van der Waals surface area contributed by atoms with Crippen LogP contribution in [-0.2, 0) is 4.74 Å². The number of ether oxygens (including phenoxy) is 1. The molecular formula is C18H34N2O. The van der Waals surface area contributed by atoms with Gasteiger partial charge in [0.1, 0.15) is 5.54 Å². The Morgan fingerprint density at radius 3 is 2.62 bits per heavy atom. The van der Waals surface area contributed by atoms with Crippen LogP contribution in [0.15, 0.2) is 0 Å². The van der Waals surface area contributed by atoms with Crippen LogP contribution in [-0.4, -0.2) is 25.3 Å². The van der Waals surface area contributed by atoms with E-state index in [4.69, 9.17) is 10.00 Å². The first-order valence-corrected chi connectivity index (χ1v) is 8.63. The van der Waals surface area contributed by atoms with E-state index in [0.717, 1.165) is 37.7 Å². The van der Waals surface area contributed by atoms with Gasteiger partial charge in [-0.3, -0.25) is 0 Å². The van der Waals surface area contributed by atoms with Crippen molar-refractivity contribution in [2.24, 2.45) is 17.8 Å². The first kappa shape index (κ1) is 18.5. The molecule has 0 aromatic heterocycles. The van der Waals surface area contributed by atoms with Gasteiger partial charge in [-0.05, 0) is 63.8 Å². The van der Waals surface area contributed by atoms with Crippen LogP contribution in [0.4, 0.5) is 0 Å². The maximum atomic E-state index is 9.13. The van der Waals surface area contributed by atoms with E-state index in [1.54, 1.807) is 0 Å². The summed E-state index contributed by atoms with van der Waals surface area (Å²) in [5.74, 6) is 2.24. The van der Waals surface area contributed by atoms with Crippen LogP contribution in [0.1, 0.15) is 66.2 Å². The molecule has 1 saturated carbocycles. The summed E-state index contributed by atoms with van der Waals surface area (Å²) in [5.41, 5.74) is -0.389. The fourth-order valence-corrected chi connectivity index (χ4v) is 3.36. The molecule has 0 aromatic rings. The third-order valence-electron chi connectivity index (χ3n) is 5.16. The molecule has 1 fully saturated rings. The maximum Gasteiger partial charge on any atom is 0.103 e. The minimum absolute atomic E-state index is 0.389. The van der Waals surface area contributed by atoms with Crippen LogP contribution >= 0.6 is 0 Å². The molecule has 122 valence electrons. The summed E-state index contributed by atoms with van der Waals surface area (Å²) in [5, 5.41) is 12.2. The monoisotopic (exact) mass is 294 g/mol.